The van der Waals surface area contributed by atoms with Crippen molar-refractivity contribution in [1.29, 1.82) is 0 Å². The third kappa shape index (κ3) is 2.28. The summed E-state index contributed by atoms with van der Waals surface area (Å²) in [7, 11) is 0. The summed E-state index contributed by atoms with van der Waals surface area (Å²) in [5.74, 6) is 1.55. The number of ether oxygens (including phenoxy) is 2. The fourth-order valence-corrected chi connectivity index (χ4v) is 2.70. The summed E-state index contributed by atoms with van der Waals surface area (Å²) < 4.78 is 12.5. The number of fused-ring (bicyclic) bond motifs is 2. The van der Waals surface area contributed by atoms with Crippen molar-refractivity contribution in [2.45, 2.75) is 13.5 Å². The van der Waals surface area contributed by atoms with Gasteiger partial charge in [0.1, 0.15) is 0 Å². The predicted octanol–water partition coefficient (Wildman–Crippen LogP) is 3.04. The van der Waals surface area contributed by atoms with Gasteiger partial charge in [0.05, 0.1) is 11.0 Å². The fraction of sp³-hybridized carbons (Fsp3) is 0.176. The van der Waals surface area contributed by atoms with Crippen molar-refractivity contribution in [3.05, 3.63) is 48.0 Å². The molecule has 23 heavy (non-hydrogen) atoms. The van der Waals surface area contributed by atoms with Crippen LogP contribution in [0.25, 0.3) is 11.0 Å². The van der Waals surface area contributed by atoms with Crippen molar-refractivity contribution in [2.24, 2.45) is 0 Å². The molecule has 4 rings (SSSR count). The van der Waals surface area contributed by atoms with E-state index in [1.165, 1.54) is 0 Å². The third-order valence-corrected chi connectivity index (χ3v) is 3.83. The second-order valence-corrected chi connectivity index (χ2v) is 5.19. The number of benzene rings is 2. The van der Waals surface area contributed by atoms with Crippen LogP contribution in [-0.2, 0) is 6.54 Å². The summed E-state index contributed by atoms with van der Waals surface area (Å²) in [5, 5.41) is 2.87. The van der Waals surface area contributed by atoms with Gasteiger partial charge in [0.25, 0.3) is 5.91 Å². The van der Waals surface area contributed by atoms with Crippen molar-refractivity contribution in [3.8, 4) is 11.5 Å². The Kier molecular flexibility index (Phi) is 3.15. The van der Waals surface area contributed by atoms with Crippen LogP contribution < -0.4 is 14.8 Å². The maximum Gasteiger partial charge on any atom is 0.258 e. The first kappa shape index (κ1) is 13.6. The summed E-state index contributed by atoms with van der Waals surface area (Å²) in [5.41, 5.74) is 2.36. The Morgan fingerprint density at radius 3 is 2.91 bits per heavy atom. The van der Waals surface area contributed by atoms with Gasteiger partial charge < -0.3 is 14.0 Å². The van der Waals surface area contributed by atoms with E-state index in [9.17, 15) is 4.79 Å². The Balaban J connectivity index is 1.66. The molecule has 0 bridgehead atoms. The first-order valence-electron chi connectivity index (χ1n) is 7.42. The topological polar surface area (TPSA) is 65.4 Å². The van der Waals surface area contributed by atoms with Crippen LogP contribution in [0.5, 0.6) is 11.5 Å². The zero-order chi connectivity index (χ0) is 15.8. The van der Waals surface area contributed by atoms with E-state index in [1.807, 2.05) is 35.8 Å². The Bertz CT molecular complexity index is 901. The van der Waals surface area contributed by atoms with Crippen molar-refractivity contribution in [3.63, 3.8) is 0 Å². The molecule has 2 aromatic carbocycles. The monoisotopic (exact) mass is 309 g/mol. The van der Waals surface area contributed by atoms with E-state index in [0.29, 0.717) is 23.0 Å². The minimum Gasteiger partial charge on any atom is -0.454 e. The molecule has 1 N–H and O–H groups in total. The summed E-state index contributed by atoms with van der Waals surface area (Å²) in [6.07, 6.45) is 0. The third-order valence-electron chi connectivity index (χ3n) is 3.83. The van der Waals surface area contributed by atoms with Crippen LogP contribution in [0, 0.1) is 0 Å². The number of imidazole rings is 1. The number of hydrogen-bond acceptors (Lipinski definition) is 4. The highest BCUT2D eigenvalue weighted by atomic mass is 16.7. The quantitative estimate of drug-likeness (QED) is 0.807. The van der Waals surface area contributed by atoms with Crippen LogP contribution in [0.15, 0.2) is 42.5 Å². The van der Waals surface area contributed by atoms with Gasteiger partial charge in [-0.2, -0.15) is 0 Å². The van der Waals surface area contributed by atoms with Gasteiger partial charge in [-0.05, 0) is 37.3 Å². The molecule has 0 aliphatic carbocycles. The molecule has 0 saturated heterocycles. The van der Waals surface area contributed by atoms with E-state index in [-0.39, 0.29) is 12.7 Å². The average Bonchev–Trinajstić information content (AvgIpc) is 3.17. The summed E-state index contributed by atoms with van der Waals surface area (Å²) >= 11 is 0. The first-order chi connectivity index (χ1) is 11.3. The molecular weight excluding hydrogens is 294 g/mol. The molecule has 116 valence electrons. The molecule has 6 heteroatoms. The molecule has 1 aliphatic heterocycles. The normalized spacial score (nSPS) is 12.6. The van der Waals surface area contributed by atoms with Crippen LogP contribution in [0.1, 0.15) is 17.3 Å². The van der Waals surface area contributed by atoms with Gasteiger partial charge in [-0.15, -0.1) is 0 Å². The molecular formula is C17H15N3O3. The highest BCUT2D eigenvalue weighted by Gasteiger charge is 2.18. The molecule has 3 aromatic rings. The Hall–Kier alpha value is -3.02. The second kappa shape index (κ2) is 5.31. The Morgan fingerprint density at radius 1 is 1.22 bits per heavy atom. The number of amides is 1. The summed E-state index contributed by atoms with van der Waals surface area (Å²) in [6.45, 7) is 2.92. The lowest BCUT2D eigenvalue weighted by Crippen LogP contribution is -2.15. The molecule has 0 radical (unpaired) electrons. The number of carbonyl (C=O) groups is 1. The van der Waals surface area contributed by atoms with Gasteiger partial charge >= 0.3 is 0 Å². The molecule has 2 heterocycles. The van der Waals surface area contributed by atoms with E-state index in [2.05, 4.69) is 10.3 Å². The van der Waals surface area contributed by atoms with Crippen molar-refractivity contribution >= 4 is 22.9 Å². The number of nitrogens with one attached hydrogen (secondary N) is 1. The maximum atomic E-state index is 12.5. The SMILES string of the molecule is CCn1c(NC(=O)c2ccc3c(c2)OCO3)nc2ccccc21. The van der Waals surface area contributed by atoms with E-state index < -0.39 is 0 Å². The highest BCUT2D eigenvalue weighted by molar-refractivity contribution is 6.04. The molecule has 0 atom stereocenters. The van der Waals surface area contributed by atoms with Crippen molar-refractivity contribution < 1.29 is 14.3 Å². The molecule has 1 aliphatic rings. The summed E-state index contributed by atoms with van der Waals surface area (Å²) in [4.78, 5) is 17.0. The predicted molar refractivity (Wildman–Crippen MR) is 85.9 cm³/mol. The van der Waals surface area contributed by atoms with E-state index in [4.69, 9.17) is 9.47 Å². The Labute approximate surface area is 132 Å². The number of nitrogens with zero attached hydrogens (tertiary/aromatic N) is 2. The lowest BCUT2D eigenvalue weighted by Gasteiger charge is -2.08. The minimum absolute atomic E-state index is 0.187. The Morgan fingerprint density at radius 2 is 2.04 bits per heavy atom. The zero-order valence-electron chi connectivity index (χ0n) is 12.6. The second-order valence-electron chi connectivity index (χ2n) is 5.19. The van der Waals surface area contributed by atoms with Gasteiger partial charge in [0.15, 0.2) is 11.5 Å². The van der Waals surface area contributed by atoms with E-state index in [1.54, 1.807) is 18.2 Å². The number of aryl methyl sites for hydroxylation is 1. The van der Waals surface area contributed by atoms with Gasteiger partial charge in [-0.3, -0.25) is 10.1 Å². The molecule has 0 spiro atoms. The lowest BCUT2D eigenvalue weighted by molar-refractivity contribution is 0.102. The van der Waals surface area contributed by atoms with Crippen LogP contribution in [-0.4, -0.2) is 22.3 Å². The fourth-order valence-electron chi connectivity index (χ4n) is 2.70. The van der Waals surface area contributed by atoms with Crippen LogP contribution in [0.3, 0.4) is 0 Å². The average molecular weight is 309 g/mol. The molecule has 0 saturated carbocycles. The van der Waals surface area contributed by atoms with Gasteiger partial charge in [-0.25, -0.2) is 4.98 Å². The number of carbonyl (C=O) groups excluding carboxylic acids is 1. The largest absolute Gasteiger partial charge is 0.454 e. The molecule has 1 amide bonds. The first-order valence-corrected chi connectivity index (χ1v) is 7.42. The standard InChI is InChI=1S/C17H15N3O3/c1-2-20-13-6-4-3-5-12(13)18-17(20)19-16(21)11-7-8-14-15(9-11)23-10-22-14/h3-9H,2,10H2,1H3,(H,18,19,21). The molecule has 0 fully saturated rings. The molecule has 6 nitrogen and oxygen atoms in total. The zero-order valence-corrected chi connectivity index (χ0v) is 12.6. The minimum atomic E-state index is -0.228. The van der Waals surface area contributed by atoms with Crippen molar-refractivity contribution in [1.82, 2.24) is 9.55 Å². The van der Waals surface area contributed by atoms with Gasteiger partial charge in [0, 0.05) is 12.1 Å². The highest BCUT2D eigenvalue weighted by Crippen LogP contribution is 2.32. The molecule has 1 aromatic heterocycles. The number of para-hydroxylation sites is 2. The number of aromatic nitrogens is 2. The van der Waals surface area contributed by atoms with E-state index in [0.717, 1.165) is 17.6 Å². The maximum absolute atomic E-state index is 12.5. The van der Waals surface area contributed by atoms with Crippen molar-refractivity contribution in [2.75, 3.05) is 12.1 Å². The molecule has 0 unspecified atom stereocenters. The number of hydrogen-bond donors (Lipinski definition) is 1. The smallest absolute Gasteiger partial charge is 0.258 e. The van der Waals surface area contributed by atoms with Gasteiger partial charge in [-0.1, -0.05) is 12.1 Å². The number of anilines is 1. The number of rotatable bonds is 3. The van der Waals surface area contributed by atoms with Crippen LogP contribution in [0.4, 0.5) is 5.95 Å². The van der Waals surface area contributed by atoms with E-state index >= 15 is 0 Å². The van der Waals surface area contributed by atoms with Crippen LogP contribution >= 0.6 is 0 Å². The van der Waals surface area contributed by atoms with Gasteiger partial charge in [0.2, 0.25) is 12.7 Å². The summed E-state index contributed by atoms with van der Waals surface area (Å²) in [6, 6.07) is 12.9. The lowest BCUT2D eigenvalue weighted by atomic mass is 10.2. The van der Waals surface area contributed by atoms with Crippen LogP contribution in [0.2, 0.25) is 0 Å².